The van der Waals surface area contributed by atoms with Gasteiger partial charge in [-0.15, -0.1) is 0 Å². The molecule has 0 radical (unpaired) electrons. The molecule has 1 aromatic carbocycles. The number of aromatic nitrogens is 5. The second kappa shape index (κ2) is 7.99. The van der Waals surface area contributed by atoms with Gasteiger partial charge in [-0.2, -0.15) is 10.1 Å². The van der Waals surface area contributed by atoms with Crippen molar-refractivity contribution in [2.75, 3.05) is 24.0 Å². The van der Waals surface area contributed by atoms with E-state index in [-0.39, 0.29) is 7.92 Å². The van der Waals surface area contributed by atoms with Gasteiger partial charge < -0.3 is 10.6 Å². The van der Waals surface area contributed by atoms with Crippen LogP contribution in [-0.4, -0.2) is 38.5 Å². The number of benzene rings is 1. The lowest BCUT2D eigenvalue weighted by molar-refractivity contribution is 1.08. The van der Waals surface area contributed by atoms with Crippen LogP contribution in [0.25, 0.3) is 11.0 Å². The third-order valence-electron chi connectivity index (χ3n) is 4.01. The van der Waals surface area contributed by atoms with Crippen molar-refractivity contribution in [1.82, 2.24) is 25.1 Å². The Labute approximate surface area is 176 Å². The molecule has 10 heteroatoms. The first-order valence-electron chi connectivity index (χ1n) is 8.34. The summed E-state index contributed by atoms with van der Waals surface area (Å²) >= 11 is 9.72. The van der Waals surface area contributed by atoms with Crippen LogP contribution in [0, 0.1) is 0 Å². The summed E-state index contributed by atoms with van der Waals surface area (Å²) in [4.78, 5) is 13.1. The van der Waals surface area contributed by atoms with Gasteiger partial charge in [0.05, 0.1) is 23.5 Å². The van der Waals surface area contributed by atoms with E-state index in [4.69, 9.17) is 11.6 Å². The van der Waals surface area contributed by atoms with Crippen molar-refractivity contribution in [3.05, 3.63) is 52.4 Å². The largest absolute Gasteiger partial charge is 0.338 e. The molecule has 142 valence electrons. The fourth-order valence-electron chi connectivity index (χ4n) is 2.68. The van der Waals surface area contributed by atoms with Gasteiger partial charge in [0.1, 0.15) is 9.63 Å². The Morgan fingerprint density at radius 1 is 1.11 bits per heavy atom. The summed E-state index contributed by atoms with van der Waals surface area (Å²) in [5, 5.41) is 16.0. The molecule has 4 aromatic rings. The molecule has 0 aliphatic rings. The van der Waals surface area contributed by atoms with E-state index in [1.165, 1.54) is 5.30 Å². The van der Waals surface area contributed by atoms with Gasteiger partial charge in [-0.25, -0.2) is 9.97 Å². The number of rotatable bonds is 5. The normalized spacial score (nSPS) is 11.2. The van der Waals surface area contributed by atoms with Crippen LogP contribution >= 0.6 is 35.5 Å². The molecule has 0 aliphatic heterocycles. The van der Waals surface area contributed by atoms with Crippen LogP contribution in [0.4, 0.5) is 23.1 Å². The minimum Gasteiger partial charge on any atom is -0.338 e. The molecule has 0 aliphatic carbocycles. The molecular formula is C18H16BrClN7P. The number of nitrogens with zero attached hydrogens (tertiary/aromatic N) is 4. The molecule has 0 amide bonds. The van der Waals surface area contributed by atoms with E-state index >= 15 is 0 Å². The number of aromatic amines is 1. The summed E-state index contributed by atoms with van der Waals surface area (Å²) < 4.78 is 0.699. The Balaban J connectivity index is 1.62. The monoisotopic (exact) mass is 475 g/mol. The fourth-order valence-corrected chi connectivity index (χ4v) is 4.21. The van der Waals surface area contributed by atoms with E-state index in [1.54, 1.807) is 12.4 Å². The van der Waals surface area contributed by atoms with Crippen molar-refractivity contribution in [1.29, 1.82) is 0 Å². The summed E-state index contributed by atoms with van der Waals surface area (Å²) in [5.74, 6) is 0.961. The van der Waals surface area contributed by atoms with Crippen LogP contribution in [0.2, 0.25) is 5.02 Å². The van der Waals surface area contributed by atoms with Gasteiger partial charge >= 0.3 is 0 Å². The first-order valence-corrected chi connectivity index (χ1v) is 11.7. The smallest absolute Gasteiger partial charge is 0.229 e. The molecule has 0 unspecified atom stereocenters. The van der Waals surface area contributed by atoms with Crippen LogP contribution in [0.15, 0.2) is 47.3 Å². The molecule has 3 heterocycles. The number of pyridine rings is 1. The van der Waals surface area contributed by atoms with E-state index < -0.39 is 0 Å². The van der Waals surface area contributed by atoms with Crippen molar-refractivity contribution in [3.63, 3.8) is 0 Å². The molecule has 28 heavy (non-hydrogen) atoms. The Bertz CT molecular complexity index is 1150. The maximum Gasteiger partial charge on any atom is 0.229 e. The predicted molar refractivity (Wildman–Crippen MR) is 120 cm³/mol. The zero-order chi connectivity index (χ0) is 19.7. The lowest BCUT2D eigenvalue weighted by Crippen LogP contribution is -2.09. The summed E-state index contributed by atoms with van der Waals surface area (Å²) in [6.07, 6.45) is 3.26. The SMILES string of the molecule is CP(C)c1ccccc1Nc1nc(Nc2cnc3[nH]nc(Br)c3c2)ncc1Cl. The van der Waals surface area contributed by atoms with Gasteiger partial charge in [0, 0.05) is 5.69 Å². The molecule has 4 rings (SSSR count). The van der Waals surface area contributed by atoms with Crippen molar-refractivity contribution < 1.29 is 0 Å². The van der Waals surface area contributed by atoms with Gasteiger partial charge in [-0.3, -0.25) is 5.10 Å². The summed E-state index contributed by atoms with van der Waals surface area (Å²) in [7, 11) is -0.271. The second-order valence-corrected chi connectivity index (χ2v) is 9.62. The summed E-state index contributed by atoms with van der Waals surface area (Å²) in [5.41, 5.74) is 2.44. The number of H-pyrrole nitrogens is 1. The van der Waals surface area contributed by atoms with E-state index in [0.717, 1.165) is 16.8 Å². The number of hydrogen-bond donors (Lipinski definition) is 3. The molecule has 3 N–H and O–H groups in total. The van der Waals surface area contributed by atoms with Gasteiger partial charge in [0.25, 0.3) is 0 Å². The highest BCUT2D eigenvalue weighted by molar-refractivity contribution is 9.10. The second-order valence-electron chi connectivity index (χ2n) is 6.19. The Morgan fingerprint density at radius 2 is 1.93 bits per heavy atom. The lowest BCUT2D eigenvalue weighted by Gasteiger charge is -2.15. The van der Waals surface area contributed by atoms with Crippen molar-refractivity contribution in [2.24, 2.45) is 0 Å². The maximum absolute atomic E-state index is 6.32. The summed E-state index contributed by atoms with van der Waals surface area (Å²) in [6.45, 7) is 4.42. The van der Waals surface area contributed by atoms with Crippen molar-refractivity contribution in [3.8, 4) is 0 Å². The number of halogens is 2. The number of hydrogen-bond acceptors (Lipinski definition) is 6. The molecule has 0 spiro atoms. The molecule has 0 bridgehead atoms. The Hall–Kier alpha value is -2.28. The third-order valence-corrected chi connectivity index (χ3v) is 6.24. The van der Waals surface area contributed by atoms with E-state index in [2.05, 4.69) is 71.1 Å². The number of para-hydroxylation sites is 1. The van der Waals surface area contributed by atoms with Crippen LogP contribution in [0.5, 0.6) is 0 Å². The van der Waals surface area contributed by atoms with Gasteiger partial charge in [0.15, 0.2) is 11.5 Å². The van der Waals surface area contributed by atoms with Crippen LogP contribution in [-0.2, 0) is 0 Å². The maximum atomic E-state index is 6.32. The fraction of sp³-hybridized carbons (Fsp3) is 0.111. The summed E-state index contributed by atoms with van der Waals surface area (Å²) in [6, 6.07) is 10.1. The zero-order valence-electron chi connectivity index (χ0n) is 15.0. The third kappa shape index (κ3) is 3.94. The van der Waals surface area contributed by atoms with Crippen molar-refractivity contribution in [2.45, 2.75) is 0 Å². The minimum atomic E-state index is -0.271. The van der Waals surface area contributed by atoms with Crippen LogP contribution in [0.3, 0.4) is 0 Å². The minimum absolute atomic E-state index is 0.271. The van der Waals surface area contributed by atoms with Crippen molar-refractivity contribution >= 4 is 74.9 Å². The first kappa shape index (κ1) is 19.1. The highest BCUT2D eigenvalue weighted by atomic mass is 79.9. The highest BCUT2D eigenvalue weighted by Gasteiger charge is 2.11. The van der Waals surface area contributed by atoms with E-state index in [9.17, 15) is 0 Å². The van der Waals surface area contributed by atoms with Crippen LogP contribution < -0.4 is 15.9 Å². The molecule has 0 saturated carbocycles. The quantitative estimate of drug-likeness (QED) is 0.350. The molecule has 0 saturated heterocycles. The lowest BCUT2D eigenvalue weighted by atomic mass is 10.3. The van der Waals surface area contributed by atoms with Gasteiger partial charge in [0.2, 0.25) is 5.95 Å². The van der Waals surface area contributed by atoms with Gasteiger partial charge in [-0.05, 0) is 46.7 Å². The molecule has 0 atom stereocenters. The average Bonchev–Trinajstić information content (AvgIpc) is 3.05. The Kier molecular flexibility index (Phi) is 5.44. The predicted octanol–water partition coefficient (Wildman–Crippen LogP) is 5.02. The zero-order valence-corrected chi connectivity index (χ0v) is 18.3. The number of fused-ring (bicyclic) bond motifs is 1. The van der Waals surface area contributed by atoms with E-state index in [0.29, 0.717) is 27.0 Å². The average molecular weight is 477 g/mol. The molecule has 7 nitrogen and oxygen atoms in total. The van der Waals surface area contributed by atoms with Gasteiger partial charge in [-0.1, -0.05) is 37.7 Å². The number of anilines is 4. The topological polar surface area (TPSA) is 91.4 Å². The highest BCUT2D eigenvalue weighted by Crippen LogP contribution is 2.31. The first-order chi connectivity index (χ1) is 13.5. The molecule has 0 fully saturated rings. The Morgan fingerprint density at radius 3 is 2.75 bits per heavy atom. The van der Waals surface area contributed by atoms with E-state index in [1.807, 2.05) is 24.3 Å². The van der Waals surface area contributed by atoms with Crippen LogP contribution in [0.1, 0.15) is 0 Å². The standard InChI is InChI=1S/C18H16BrClN7P/c1-28(2)14-6-4-3-5-13(14)24-17-12(20)9-22-18(25-17)23-10-7-11-15(19)26-27-16(11)21-8-10/h3-9H,1-2H3,(H,21,26,27)(H2,22,23,24,25). The number of nitrogens with one attached hydrogen (secondary N) is 3. The molecular weight excluding hydrogens is 461 g/mol. The molecule has 3 aromatic heterocycles.